The van der Waals surface area contributed by atoms with Crippen molar-refractivity contribution in [1.82, 2.24) is 20.4 Å². The van der Waals surface area contributed by atoms with Gasteiger partial charge in [0.15, 0.2) is 0 Å². The van der Waals surface area contributed by atoms with E-state index in [1.54, 1.807) is 6.92 Å². The number of hydrogen-bond acceptors (Lipinski definition) is 5. The number of nitrogens with zero attached hydrogens (tertiary/aromatic N) is 3. The summed E-state index contributed by atoms with van der Waals surface area (Å²) in [6.45, 7) is 8.57. The topological polar surface area (TPSA) is 71.3 Å². The van der Waals surface area contributed by atoms with E-state index in [1.165, 1.54) is 0 Å². The Balaban J connectivity index is 2.04. The quantitative estimate of drug-likeness (QED) is 0.887. The summed E-state index contributed by atoms with van der Waals surface area (Å²) in [7, 11) is 0. The molecule has 1 aliphatic heterocycles. The molecule has 0 aliphatic carbocycles. The lowest BCUT2D eigenvalue weighted by Crippen LogP contribution is -2.43. The van der Waals surface area contributed by atoms with Crippen molar-refractivity contribution in [2.24, 2.45) is 5.92 Å². The predicted molar refractivity (Wildman–Crippen MR) is 70.8 cm³/mol. The molecule has 0 radical (unpaired) electrons. The van der Waals surface area contributed by atoms with Crippen LogP contribution in [0.15, 0.2) is 4.52 Å². The van der Waals surface area contributed by atoms with Crippen molar-refractivity contribution in [1.29, 1.82) is 0 Å². The van der Waals surface area contributed by atoms with E-state index in [4.69, 9.17) is 4.52 Å². The van der Waals surface area contributed by atoms with Gasteiger partial charge in [-0.1, -0.05) is 5.16 Å². The van der Waals surface area contributed by atoms with Gasteiger partial charge in [-0.2, -0.15) is 4.98 Å². The van der Waals surface area contributed by atoms with E-state index in [0.717, 1.165) is 32.5 Å². The zero-order chi connectivity index (χ0) is 13.8. The van der Waals surface area contributed by atoms with Gasteiger partial charge < -0.3 is 14.7 Å². The van der Waals surface area contributed by atoms with Gasteiger partial charge in [-0.05, 0) is 45.7 Å². The van der Waals surface area contributed by atoms with Crippen molar-refractivity contribution in [3.05, 3.63) is 11.7 Å². The minimum atomic E-state index is -0.134. The van der Waals surface area contributed by atoms with Gasteiger partial charge >= 0.3 is 0 Å². The molecule has 0 bridgehead atoms. The smallest absolute Gasteiger partial charge is 0.295 e. The lowest BCUT2D eigenvalue weighted by atomic mass is 9.97. The minimum Gasteiger partial charge on any atom is -0.339 e. The number of amides is 1. The van der Waals surface area contributed by atoms with Gasteiger partial charge in [0.1, 0.15) is 0 Å². The summed E-state index contributed by atoms with van der Waals surface area (Å²) in [4.78, 5) is 18.3. The first kappa shape index (κ1) is 14.0. The molecule has 1 fully saturated rings. The second kappa shape index (κ2) is 6.14. The monoisotopic (exact) mass is 266 g/mol. The van der Waals surface area contributed by atoms with Crippen molar-refractivity contribution in [3.63, 3.8) is 0 Å². The summed E-state index contributed by atoms with van der Waals surface area (Å²) in [5.41, 5.74) is 0. The SMILES string of the molecule is Cc1nc(C(=O)N(CC2CCNCC2)C(C)C)no1. The van der Waals surface area contributed by atoms with Gasteiger partial charge in [0.2, 0.25) is 5.89 Å². The number of nitrogens with one attached hydrogen (secondary N) is 1. The van der Waals surface area contributed by atoms with Crippen LogP contribution in [-0.2, 0) is 0 Å². The third-order valence-electron chi connectivity index (χ3n) is 3.52. The summed E-state index contributed by atoms with van der Waals surface area (Å²) in [5.74, 6) is 1.01. The second-order valence-corrected chi connectivity index (χ2v) is 5.38. The van der Waals surface area contributed by atoms with Crippen LogP contribution in [0.1, 0.15) is 43.2 Å². The first-order valence-electron chi connectivity index (χ1n) is 6.90. The average Bonchev–Trinajstić information content (AvgIpc) is 2.83. The Bertz CT molecular complexity index is 424. The molecule has 0 unspecified atom stereocenters. The van der Waals surface area contributed by atoms with Crippen LogP contribution >= 0.6 is 0 Å². The molecular formula is C13H22N4O2. The van der Waals surface area contributed by atoms with E-state index in [-0.39, 0.29) is 17.8 Å². The maximum atomic E-state index is 12.4. The lowest BCUT2D eigenvalue weighted by molar-refractivity contribution is 0.0642. The van der Waals surface area contributed by atoms with Gasteiger partial charge in [0.05, 0.1) is 0 Å². The van der Waals surface area contributed by atoms with Gasteiger partial charge in [-0.25, -0.2) is 0 Å². The first-order valence-corrected chi connectivity index (χ1v) is 6.90. The Morgan fingerprint density at radius 1 is 1.47 bits per heavy atom. The third kappa shape index (κ3) is 3.53. The van der Waals surface area contributed by atoms with Gasteiger partial charge in [-0.3, -0.25) is 4.79 Å². The zero-order valence-corrected chi connectivity index (χ0v) is 11.8. The zero-order valence-electron chi connectivity index (χ0n) is 11.8. The molecule has 1 N–H and O–H groups in total. The van der Waals surface area contributed by atoms with E-state index < -0.39 is 0 Å². The van der Waals surface area contributed by atoms with Crippen LogP contribution in [0.2, 0.25) is 0 Å². The van der Waals surface area contributed by atoms with Crippen molar-refractivity contribution in [3.8, 4) is 0 Å². The van der Waals surface area contributed by atoms with E-state index in [9.17, 15) is 4.79 Å². The molecule has 2 heterocycles. The Labute approximate surface area is 113 Å². The van der Waals surface area contributed by atoms with Gasteiger partial charge in [-0.15, -0.1) is 0 Å². The van der Waals surface area contributed by atoms with Crippen LogP contribution in [-0.4, -0.2) is 46.6 Å². The van der Waals surface area contributed by atoms with Gasteiger partial charge in [0, 0.05) is 19.5 Å². The number of aryl methyl sites for hydroxylation is 1. The average molecular weight is 266 g/mol. The van der Waals surface area contributed by atoms with Crippen LogP contribution in [0, 0.1) is 12.8 Å². The third-order valence-corrected chi connectivity index (χ3v) is 3.52. The fourth-order valence-electron chi connectivity index (χ4n) is 2.39. The molecule has 6 heteroatoms. The Morgan fingerprint density at radius 3 is 2.68 bits per heavy atom. The fourth-order valence-corrected chi connectivity index (χ4v) is 2.39. The molecule has 0 aromatic carbocycles. The Hall–Kier alpha value is -1.43. The number of hydrogen-bond donors (Lipinski definition) is 1. The number of aromatic nitrogens is 2. The number of carbonyl (C=O) groups excluding carboxylic acids is 1. The maximum Gasteiger partial charge on any atom is 0.295 e. The summed E-state index contributed by atoms with van der Waals surface area (Å²) in [6, 6.07) is 0.140. The highest BCUT2D eigenvalue weighted by Crippen LogP contribution is 2.16. The molecule has 6 nitrogen and oxygen atoms in total. The first-order chi connectivity index (χ1) is 9.08. The minimum absolute atomic E-state index is 0.134. The van der Waals surface area contributed by atoms with Crippen LogP contribution in [0.5, 0.6) is 0 Å². The van der Waals surface area contributed by atoms with E-state index in [1.807, 2.05) is 18.7 Å². The fraction of sp³-hybridized carbons (Fsp3) is 0.769. The van der Waals surface area contributed by atoms with Crippen molar-refractivity contribution in [2.75, 3.05) is 19.6 Å². The molecule has 2 rings (SSSR count). The standard InChI is InChI=1S/C13H22N4O2/c1-9(2)17(8-11-4-6-14-7-5-11)13(18)12-15-10(3)19-16-12/h9,11,14H,4-8H2,1-3H3. The van der Waals surface area contributed by atoms with E-state index in [0.29, 0.717) is 11.8 Å². The molecule has 1 aromatic heterocycles. The molecule has 1 saturated heterocycles. The molecule has 0 spiro atoms. The summed E-state index contributed by atoms with van der Waals surface area (Å²) in [6.07, 6.45) is 2.23. The Morgan fingerprint density at radius 2 is 2.16 bits per heavy atom. The summed E-state index contributed by atoms with van der Waals surface area (Å²) in [5, 5.41) is 7.06. The maximum absolute atomic E-state index is 12.4. The molecule has 1 aromatic rings. The van der Waals surface area contributed by atoms with Crippen LogP contribution < -0.4 is 5.32 Å². The normalized spacial score (nSPS) is 16.8. The molecule has 19 heavy (non-hydrogen) atoms. The van der Waals surface area contributed by atoms with Crippen LogP contribution in [0.4, 0.5) is 0 Å². The molecule has 106 valence electrons. The highest BCUT2D eigenvalue weighted by atomic mass is 16.5. The summed E-state index contributed by atoms with van der Waals surface area (Å²) >= 11 is 0. The number of carbonyl (C=O) groups is 1. The molecule has 0 saturated carbocycles. The van der Waals surface area contributed by atoms with Gasteiger partial charge in [0.25, 0.3) is 11.7 Å². The predicted octanol–water partition coefficient (Wildman–Crippen LogP) is 1.23. The van der Waals surface area contributed by atoms with Crippen LogP contribution in [0.25, 0.3) is 0 Å². The highest BCUT2D eigenvalue weighted by molar-refractivity contribution is 5.90. The number of rotatable bonds is 4. The highest BCUT2D eigenvalue weighted by Gasteiger charge is 2.26. The largest absolute Gasteiger partial charge is 0.339 e. The van der Waals surface area contributed by atoms with E-state index in [2.05, 4.69) is 15.5 Å². The van der Waals surface area contributed by atoms with Crippen LogP contribution in [0.3, 0.4) is 0 Å². The second-order valence-electron chi connectivity index (χ2n) is 5.38. The van der Waals surface area contributed by atoms with Crippen molar-refractivity contribution in [2.45, 2.75) is 39.7 Å². The molecule has 1 amide bonds. The van der Waals surface area contributed by atoms with E-state index >= 15 is 0 Å². The summed E-state index contributed by atoms with van der Waals surface area (Å²) < 4.78 is 4.89. The Kier molecular flexibility index (Phi) is 4.52. The van der Waals surface area contributed by atoms with Crippen molar-refractivity contribution >= 4 is 5.91 Å². The molecular weight excluding hydrogens is 244 g/mol. The molecule has 1 aliphatic rings. The number of piperidine rings is 1. The molecule has 0 atom stereocenters. The van der Waals surface area contributed by atoms with Crippen molar-refractivity contribution < 1.29 is 9.32 Å². The lowest BCUT2D eigenvalue weighted by Gasteiger charge is -2.32.